The summed E-state index contributed by atoms with van der Waals surface area (Å²) in [6, 6.07) is 5.00. The number of benzene rings is 1. The Bertz CT molecular complexity index is 575. The van der Waals surface area contributed by atoms with E-state index in [0.29, 0.717) is 27.9 Å². The van der Waals surface area contributed by atoms with E-state index in [1.54, 1.807) is 18.2 Å². The van der Waals surface area contributed by atoms with Crippen LogP contribution in [-0.2, 0) is 6.42 Å². The van der Waals surface area contributed by atoms with Gasteiger partial charge >= 0.3 is 0 Å². The molecule has 0 aliphatic heterocycles. The fourth-order valence-corrected chi connectivity index (χ4v) is 1.79. The van der Waals surface area contributed by atoms with Crippen LogP contribution >= 0.6 is 11.6 Å². The van der Waals surface area contributed by atoms with Crippen LogP contribution < -0.4 is 5.56 Å². The summed E-state index contributed by atoms with van der Waals surface area (Å²) in [5, 5.41) is 11.0. The Kier molecular flexibility index (Phi) is 2.40. The number of hydrogen-bond donors (Lipinski definition) is 2. The fraction of sp³-hybridized carbons (Fsp3) is 0.182. The number of pyridine rings is 1. The average Bonchev–Trinajstić information content (AvgIpc) is 2.17. The summed E-state index contributed by atoms with van der Waals surface area (Å²) in [4.78, 5) is 14.2. The molecule has 78 valence electrons. The highest BCUT2D eigenvalue weighted by molar-refractivity contribution is 6.31. The van der Waals surface area contributed by atoms with Crippen molar-refractivity contribution in [2.45, 2.75) is 13.3 Å². The second kappa shape index (κ2) is 3.59. The maximum absolute atomic E-state index is 11.5. The van der Waals surface area contributed by atoms with Crippen LogP contribution in [0.3, 0.4) is 0 Å². The molecule has 0 saturated heterocycles. The summed E-state index contributed by atoms with van der Waals surface area (Å²) >= 11 is 5.79. The van der Waals surface area contributed by atoms with Crippen LogP contribution in [0.15, 0.2) is 23.0 Å². The first kappa shape index (κ1) is 10.1. The molecule has 1 aromatic heterocycles. The number of aromatic nitrogens is 1. The Morgan fingerprint density at radius 3 is 2.87 bits per heavy atom. The van der Waals surface area contributed by atoms with Gasteiger partial charge in [-0.25, -0.2) is 0 Å². The van der Waals surface area contributed by atoms with Crippen LogP contribution in [0.2, 0.25) is 5.02 Å². The van der Waals surface area contributed by atoms with Crippen LogP contribution in [0.25, 0.3) is 10.9 Å². The number of fused-ring (bicyclic) bond motifs is 1. The van der Waals surface area contributed by atoms with Gasteiger partial charge < -0.3 is 10.1 Å². The zero-order chi connectivity index (χ0) is 11.0. The van der Waals surface area contributed by atoms with Gasteiger partial charge in [0, 0.05) is 10.4 Å². The van der Waals surface area contributed by atoms with Crippen molar-refractivity contribution >= 4 is 22.5 Å². The largest absolute Gasteiger partial charge is 0.507 e. The molecule has 4 heteroatoms. The Morgan fingerprint density at radius 2 is 2.20 bits per heavy atom. The van der Waals surface area contributed by atoms with Crippen LogP contribution in [0, 0.1) is 0 Å². The van der Waals surface area contributed by atoms with Gasteiger partial charge in [0.1, 0.15) is 5.75 Å². The Labute approximate surface area is 91.3 Å². The van der Waals surface area contributed by atoms with Gasteiger partial charge in [-0.15, -0.1) is 0 Å². The molecule has 0 unspecified atom stereocenters. The van der Waals surface area contributed by atoms with Gasteiger partial charge in [0.05, 0.1) is 11.1 Å². The summed E-state index contributed by atoms with van der Waals surface area (Å²) in [6.45, 7) is 1.83. The SMILES string of the molecule is CCc1c(O)c2ccc(Cl)cc2[nH]c1=O. The molecule has 2 rings (SSSR count). The van der Waals surface area contributed by atoms with Crippen molar-refractivity contribution in [3.63, 3.8) is 0 Å². The molecule has 0 aliphatic rings. The maximum atomic E-state index is 11.5. The van der Waals surface area contributed by atoms with Gasteiger partial charge in [-0.1, -0.05) is 18.5 Å². The third-order valence-electron chi connectivity index (χ3n) is 2.40. The van der Waals surface area contributed by atoms with Crippen molar-refractivity contribution in [3.05, 3.63) is 39.1 Å². The molecule has 1 heterocycles. The van der Waals surface area contributed by atoms with Crippen LogP contribution in [-0.4, -0.2) is 10.1 Å². The summed E-state index contributed by atoms with van der Waals surface area (Å²) in [5.41, 5.74) is 0.705. The van der Waals surface area contributed by atoms with Crippen LogP contribution in [0.5, 0.6) is 5.75 Å². The average molecular weight is 224 g/mol. The molecule has 0 bridgehead atoms. The fourth-order valence-electron chi connectivity index (χ4n) is 1.62. The summed E-state index contributed by atoms with van der Waals surface area (Å²) < 4.78 is 0. The van der Waals surface area contributed by atoms with E-state index in [0.717, 1.165) is 0 Å². The van der Waals surface area contributed by atoms with Gasteiger partial charge in [0.2, 0.25) is 0 Å². The normalized spacial score (nSPS) is 10.8. The van der Waals surface area contributed by atoms with Crippen LogP contribution in [0.4, 0.5) is 0 Å². The van der Waals surface area contributed by atoms with Gasteiger partial charge in [-0.3, -0.25) is 4.79 Å². The number of hydrogen-bond acceptors (Lipinski definition) is 2. The first-order valence-electron chi connectivity index (χ1n) is 4.67. The molecule has 1 aromatic carbocycles. The van der Waals surface area contributed by atoms with E-state index in [1.807, 2.05) is 6.92 Å². The summed E-state index contributed by atoms with van der Waals surface area (Å²) in [7, 11) is 0. The lowest BCUT2D eigenvalue weighted by Gasteiger charge is -2.05. The van der Waals surface area contributed by atoms with Crippen LogP contribution in [0.1, 0.15) is 12.5 Å². The predicted molar refractivity (Wildman–Crippen MR) is 60.6 cm³/mol. The van der Waals surface area contributed by atoms with Gasteiger partial charge in [-0.05, 0) is 24.6 Å². The number of aromatic amines is 1. The molecule has 0 fully saturated rings. The number of halogens is 1. The quantitative estimate of drug-likeness (QED) is 0.780. The minimum absolute atomic E-state index is 0.0490. The molecule has 0 atom stereocenters. The Hall–Kier alpha value is -1.48. The summed E-state index contributed by atoms with van der Waals surface area (Å²) in [6.07, 6.45) is 0.500. The van der Waals surface area contributed by atoms with Gasteiger partial charge in [-0.2, -0.15) is 0 Å². The van der Waals surface area contributed by atoms with Crippen molar-refractivity contribution in [1.82, 2.24) is 4.98 Å². The highest BCUT2D eigenvalue weighted by Gasteiger charge is 2.09. The molecule has 0 spiro atoms. The van der Waals surface area contributed by atoms with E-state index in [2.05, 4.69) is 4.98 Å². The molecule has 0 aliphatic carbocycles. The highest BCUT2D eigenvalue weighted by Crippen LogP contribution is 2.26. The topological polar surface area (TPSA) is 53.1 Å². The Balaban J connectivity index is 2.91. The number of aromatic hydroxyl groups is 1. The molecule has 2 N–H and O–H groups in total. The second-order valence-corrected chi connectivity index (χ2v) is 3.76. The first-order valence-corrected chi connectivity index (χ1v) is 5.04. The van der Waals surface area contributed by atoms with Crippen molar-refractivity contribution in [3.8, 4) is 5.75 Å². The number of H-pyrrole nitrogens is 1. The van der Waals surface area contributed by atoms with Gasteiger partial charge in [0.25, 0.3) is 5.56 Å². The maximum Gasteiger partial charge on any atom is 0.255 e. The molecule has 0 amide bonds. The van der Waals surface area contributed by atoms with E-state index in [1.165, 1.54) is 0 Å². The molecule has 3 nitrogen and oxygen atoms in total. The lowest BCUT2D eigenvalue weighted by atomic mass is 10.1. The number of nitrogens with one attached hydrogen (secondary N) is 1. The molecule has 15 heavy (non-hydrogen) atoms. The second-order valence-electron chi connectivity index (χ2n) is 3.32. The molecule has 2 aromatic rings. The van der Waals surface area contributed by atoms with Crippen molar-refractivity contribution in [2.75, 3.05) is 0 Å². The highest BCUT2D eigenvalue weighted by atomic mass is 35.5. The molecular weight excluding hydrogens is 214 g/mol. The zero-order valence-electron chi connectivity index (χ0n) is 8.17. The monoisotopic (exact) mass is 223 g/mol. The van der Waals surface area contributed by atoms with E-state index in [4.69, 9.17) is 11.6 Å². The van der Waals surface area contributed by atoms with Crippen molar-refractivity contribution in [2.24, 2.45) is 0 Å². The molecule has 0 radical (unpaired) electrons. The third-order valence-corrected chi connectivity index (χ3v) is 2.63. The van der Waals surface area contributed by atoms with Crippen molar-refractivity contribution < 1.29 is 5.11 Å². The third kappa shape index (κ3) is 1.59. The molecular formula is C11H10ClNO2. The van der Waals surface area contributed by atoms with Crippen molar-refractivity contribution in [1.29, 1.82) is 0 Å². The van der Waals surface area contributed by atoms with E-state index in [-0.39, 0.29) is 11.3 Å². The van der Waals surface area contributed by atoms with E-state index < -0.39 is 0 Å². The smallest absolute Gasteiger partial charge is 0.255 e. The first-order chi connectivity index (χ1) is 7.13. The minimum Gasteiger partial charge on any atom is -0.507 e. The summed E-state index contributed by atoms with van der Waals surface area (Å²) in [5.74, 6) is 0.0490. The predicted octanol–water partition coefficient (Wildman–Crippen LogP) is 2.45. The van der Waals surface area contributed by atoms with E-state index in [9.17, 15) is 9.90 Å². The number of rotatable bonds is 1. The lowest BCUT2D eigenvalue weighted by Crippen LogP contribution is -2.11. The van der Waals surface area contributed by atoms with E-state index >= 15 is 0 Å². The minimum atomic E-state index is -0.259. The molecule has 0 saturated carbocycles. The zero-order valence-corrected chi connectivity index (χ0v) is 8.93. The standard InChI is InChI=1S/C11H10ClNO2/c1-2-7-10(14)8-4-3-6(12)5-9(8)13-11(7)15/h3-5H,2H2,1H3,(H2,13,14,15). The van der Waals surface area contributed by atoms with Gasteiger partial charge in [0.15, 0.2) is 0 Å². The Morgan fingerprint density at radius 1 is 1.47 bits per heavy atom. The lowest BCUT2D eigenvalue weighted by molar-refractivity contribution is 0.473.